The summed E-state index contributed by atoms with van der Waals surface area (Å²) in [5.41, 5.74) is 1.15. The first kappa shape index (κ1) is 11.1. The van der Waals surface area contributed by atoms with Crippen molar-refractivity contribution in [2.24, 2.45) is 0 Å². The summed E-state index contributed by atoms with van der Waals surface area (Å²) in [6, 6.07) is 10.2. The van der Waals surface area contributed by atoms with Crippen LogP contribution in [0.5, 0.6) is 0 Å². The van der Waals surface area contributed by atoms with Gasteiger partial charge in [0, 0.05) is 0 Å². The summed E-state index contributed by atoms with van der Waals surface area (Å²) >= 11 is 0. The number of benzene rings is 1. The van der Waals surface area contributed by atoms with Gasteiger partial charge in [-0.25, -0.2) is 0 Å². The highest BCUT2D eigenvalue weighted by Gasteiger charge is 2.31. The lowest BCUT2D eigenvalue weighted by Crippen LogP contribution is -2.32. The molecule has 86 valence electrons. The Balaban J connectivity index is 1.88. The maximum Gasteiger partial charge on any atom is 0.222 e. The van der Waals surface area contributed by atoms with E-state index in [4.69, 9.17) is 4.74 Å². The highest BCUT2D eigenvalue weighted by molar-refractivity contribution is 5.79. The van der Waals surface area contributed by atoms with Crippen LogP contribution >= 0.6 is 0 Å². The maximum absolute atomic E-state index is 11.2. The molecule has 2 atom stereocenters. The minimum atomic E-state index is 0.0257. The zero-order chi connectivity index (χ0) is 11.4. The molecule has 1 saturated heterocycles. The Morgan fingerprint density at radius 1 is 1.38 bits per heavy atom. The Labute approximate surface area is 95.8 Å². The second kappa shape index (κ2) is 5.12. The monoisotopic (exact) mass is 219 g/mol. The molecular formula is C13H17NO2. The smallest absolute Gasteiger partial charge is 0.222 e. The fraction of sp³-hybridized carbons (Fsp3) is 0.462. The molecule has 1 aliphatic heterocycles. The van der Waals surface area contributed by atoms with E-state index in [0.717, 1.165) is 12.0 Å². The Kier molecular flexibility index (Phi) is 3.57. The van der Waals surface area contributed by atoms with Gasteiger partial charge in [0.25, 0.3) is 0 Å². The Bertz CT molecular complexity index is 350. The van der Waals surface area contributed by atoms with Gasteiger partial charge in [0.15, 0.2) is 0 Å². The highest BCUT2D eigenvalue weighted by atomic mass is 16.5. The Hall–Kier alpha value is -1.35. The quantitative estimate of drug-likeness (QED) is 0.839. The van der Waals surface area contributed by atoms with Gasteiger partial charge in [0.1, 0.15) is 0 Å². The molecule has 1 heterocycles. The standard InChI is InChI=1S/C13H17NO2/c1-2-11-12(8-13(15)14-11)16-9-10-6-4-3-5-7-10/h3-7,11-12H,2,8-9H2,1H3,(H,14,15)/t11-,12+/m1/s1. The molecule has 3 nitrogen and oxygen atoms in total. The van der Waals surface area contributed by atoms with E-state index < -0.39 is 0 Å². The van der Waals surface area contributed by atoms with Gasteiger partial charge < -0.3 is 10.1 Å². The summed E-state index contributed by atoms with van der Waals surface area (Å²) in [6.45, 7) is 2.64. The second-order valence-corrected chi connectivity index (χ2v) is 4.12. The van der Waals surface area contributed by atoms with E-state index >= 15 is 0 Å². The predicted molar refractivity (Wildman–Crippen MR) is 61.9 cm³/mol. The lowest BCUT2D eigenvalue weighted by Gasteiger charge is -2.17. The minimum absolute atomic E-state index is 0.0257. The second-order valence-electron chi connectivity index (χ2n) is 4.12. The fourth-order valence-electron chi connectivity index (χ4n) is 2.00. The van der Waals surface area contributed by atoms with Gasteiger partial charge in [-0.3, -0.25) is 4.79 Å². The maximum atomic E-state index is 11.2. The van der Waals surface area contributed by atoms with Crippen LogP contribution in [0, 0.1) is 0 Å². The number of carbonyl (C=O) groups excluding carboxylic acids is 1. The number of ether oxygens (including phenoxy) is 1. The molecule has 0 bridgehead atoms. The highest BCUT2D eigenvalue weighted by Crippen LogP contribution is 2.17. The van der Waals surface area contributed by atoms with Crippen LogP contribution in [0.15, 0.2) is 30.3 Å². The van der Waals surface area contributed by atoms with Crippen molar-refractivity contribution in [3.05, 3.63) is 35.9 Å². The molecule has 0 aliphatic carbocycles. The summed E-state index contributed by atoms with van der Waals surface area (Å²) in [5, 5.41) is 2.93. The molecule has 1 aromatic carbocycles. The molecule has 1 aromatic rings. The van der Waals surface area contributed by atoms with Crippen LogP contribution in [0.4, 0.5) is 0 Å². The molecule has 3 heteroatoms. The summed E-state index contributed by atoms with van der Waals surface area (Å²) in [6.07, 6.45) is 1.44. The van der Waals surface area contributed by atoms with E-state index in [2.05, 4.69) is 12.2 Å². The largest absolute Gasteiger partial charge is 0.371 e. The number of hydrogen-bond donors (Lipinski definition) is 1. The van der Waals surface area contributed by atoms with Gasteiger partial charge in [-0.2, -0.15) is 0 Å². The zero-order valence-electron chi connectivity index (χ0n) is 9.48. The number of amides is 1. The zero-order valence-corrected chi connectivity index (χ0v) is 9.48. The van der Waals surface area contributed by atoms with Crippen LogP contribution in [0.25, 0.3) is 0 Å². The van der Waals surface area contributed by atoms with Gasteiger partial charge in [0.2, 0.25) is 5.91 Å². The number of carbonyl (C=O) groups is 1. The molecule has 16 heavy (non-hydrogen) atoms. The molecule has 1 aliphatic rings. The summed E-state index contributed by atoms with van der Waals surface area (Å²) in [5.74, 6) is 0.102. The molecule has 2 rings (SSSR count). The van der Waals surface area contributed by atoms with Crippen LogP contribution in [0.3, 0.4) is 0 Å². The van der Waals surface area contributed by atoms with E-state index in [1.165, 1.54) is 0 Å². The molecule has 1 amide bonds. The van der Waals surface area contributed by atoms with Crippen molar-refractivity contribution < 1.29 is 9.53 Å². The van der Waals surface area contributed by atoms with E-state index in [1.807, 2.05) is 30.3 Å². The van der Waals surface area contributed by atoms with Crippen LogP contribution in [0.1, 0.15) is 25.3 Å². The van der Waals surface area contributed by atoms with Crippen LogP contribution in [-0.4, -0.2) is 18.1 Å². The van der Waals surface area contributed by atoms with E-state index in [1.54, 1.807) is 0 Å². The Morgan fingerprint density at radius 3 is 2.81 bits per heavy atom. The van der Waals surface area contributed by atoms with E-state index in [0.29, 0.717) is 13.0 Å². The van der Waals surface area contributed by atoms with Crippen molar-refractivity contribution in [2.75, 3.05) is 0 Å². The van der Waals surface area contributed by atoms with Gasteiger partial charge in [-0.05, 0) is 12.0 Å². The van der Waals surface area contributed by atoms with E-state index in [-0.39, 0.29) is 18.1 Å². The predicted octanol–water partition coefficient (Wildman–Crippen LogP) is 1.87. The van der Waals surface area contributed by atoms with Gasteiger partial charge in [0.05, 0.1) is 25.2 Å². The minimum Gasteiger partial charge on any atom is -0.371 e. The third kappa shape index (κ3) is 2.61. The van der Waals surface area contributed by atoms with Crippen LogP contribution in [-0.2, 0) is 16.1 Å². The summed E-state index contributed by atoms with van der Waals surface area (Å²) < 4.78 is 5.78. The SMILES string of the molecule is CC[C@H]1NC(=O)C[C@@H]1OCc1ccccc1. The first-order valence-corrected chi connectivity index (χ1v) is 5.74. The average Bonchev–Trinajstić information content (AvgIpc) is 2.68. The Morgan fingerprint density at radius 2 is 2.12 bits per heavy atom. The number of hydrogen-bond acceptors (Lipinski definition) is 2. The molecule has 0 aromatic heterocycles. The van der Waals surface area contributed by atoms with Crippen molar-refractivity contribution >= 4 is 5.91 Å². The third-order valence-electron chi connectivity index (χ3n) is 2.93. The van der Waals surface area contributed by atoms with Gasteiger partial charge in [-0.15, -0.1) is 0 Å². The van der Waals surface area contributed by atoms with Gasteiger partial charge >= 0.3 is 0 Å². The van der Waals surface area contributed by atoms with Crippen molar-refractivity contribution in [3.63, 3.8) is 0 Å². The molecule has 0 saturated carbocycles. The molecule has 0 spiro atoms. The average molecular weight is 219 g/mol. The molecule has 0 radical (unpaired) electrons. The third-order valence-corrected chi connectivity index (χ3v) is 2.93. The first-order valence-electron chi connectivity index (χ1n) is 5.74. The lowest BCUT2D eigenvalue weighted by atomic mass is 10.1. The van der Waals surface area contributed by atoms with Crippen LogP contribution in [0.2, 0.25) is 0 Å². The summed E-state index contributed by atoms with van der Waals surface area (Å²) in [4.78, 5) is 11.2. The van der Waals surface area contributed by atoms with Crippen molar-refractivity contribution in [2.45, 2.75) is 38.5 Å². The molecule has 1 N–H and O–H groups in total. The number of rotatable bonds is 4. The molecule has 0 unspecified atom stereocenters. The van der Waals surface area contributed by atoms with Gasteiger partial charge in [-0.1, -0.05) is 37.3 Å². The fourth-order valence-corrected chi connectivity index (χ4v) is 2.00. The van der Waals surface area contributed by atoms with Crippen molar-refractivity contribution in [1.82, 2.24) is 5.32 Å². The topological polar surface area (TPSA) is 38.3 Å². The number of nitrogens with one attached hydrogen (secondary N) is 1. The first-order chi connectivity index (χ1) is 7.79. The molecular weight excluding hydrogens is 202 g/mol. The summed E-state index contributed by atoms with van der Waals surface area (Å²) in [7, 11) is 0. The van der Waals surface area contributed by atoms with E-state index in [9.17, 15) is 4.79 Å². The van der Waals surface area contributed by atoms with Crippen LogP contribution < -0.4 is 5.32 Å². The van der Waals surface area contributed by atoms with Crippen molar-refractivity contribution in [1.29, 1.82) is 0 Å². The molecule has 1 fully saturated rings. The van der Waals surface area contributed by atoms with Crippen molar-refractivity contribution in [3.8, 4) is 0 Å². The lowest BCUT2D eigenvalue weighted by molar-refractivity contribution is -0.119. The normalized spacial score (nSPS) is 24.4.